The molecule has 0 aliphatic heterocycles. The molecule has 0 saturated carbocycles. The van der Waals surface area contributed by atoms with Crippen LogP contribution >= 0.6 is 11.3 Å². The minimum atomic E-state index is -0.361. The highest BCUT2D eigenvalue weighted by atomic mass is 32.1. The molecule has 1 heterocycles. The van der Waals surface area contributed by atoms with E-state index in [1.807, 2.05) is 17.4 Å². The van der Waals surface area contributed by atoms with Crippen LogP contribution in [0.2, 0.25) is 0 Å². The molecule has 0 fully saturated rings. The fourth-order valence-electron chi connectivity index (χ4n) is 1.97. The van der Waals surface area contributed by atoms with Crippen LogP contribution in [0.1, 0.15) is 35.2 Å². The molecule has 0 aliphatic carbocycles. The van der Waals surface area contributed by atoms with E-state index in [0.717, 1.165) is 12.0 Å². The van der Waals surface area contributed by atoms with Gasteiger partial charge in [0.25, 0.3) is 5.69 Å². The summed E-state index contributed by atoms with van der Waals surface area (Å²) in [7, 11) is 0. The van der Waals surface area contributed by atoms with Gasteiger partial charge in [-0.3, -0.25) is 10.1 Å². The van der Waals surface area contributed by atoms with Crippen molar-refractivity contribution in [3.8, 4) is 0 Å². The molecular weight excluding hydrogens is 272 g/mol. The summed E-state index contributed by atoms with van der Waals surface area (Å²) in [5.74, 6) is 0. The van der Waals surface area contributed by atoms with Gasteiger partial charge in [-0.05, 0) is 31.0 Å². The first-order valence-electron chi connectivity index (χ1n) is 6.65. The largest absolute Gasteiger partial charge is 0.305 e. The number of benzene rings is 1. The summed E-state index contributed by atoms with van der Waals surface area (Å²) in [6.07, 6.45) is 1.06. The summed E-state index contributed by atoms with van der Waals surface area (Å²) in [4.78, 5) is 13.1. The van der Waals surface area contributed by atoms with Crippen LogP contribution in [-0.4, -0.2) is 4.92 Å². The first-order chi connectivity index (χ1) is 9.60. The Hall–Kier alpha value is -1.72. The lowest BCUT2D eigenvalue weighted by Crippen LogP contribution is -2.17. The Labute approximate surface area is 122 Å². The average molecular weight is 290 g/mol. The van der Waals surface area contributed by atoms with Gasteiger partial charge in [0.2, 0.25) is 0 Å². The molecule has 106 valence electrons. The zero-order valence-electron chi connectivity index (χ0n) is 11.6. The Balaban J connectivity index is 1.97. The van der Waals surface area contributed by atoms with Crippen molar-refractivity contribution in [2.24, 2.45) is 0 Å². The van der Waals surface area contributed by atoms with Crippen molar-refractivity contribution < 1.29 is 4.92 Å². The van der Waals surface area contributed by atoms with Gasteiger partial charge >= 0.3 is 0 Å². The molecule has 1 aromatic carbocycles. The number of nitro groups is 1. The fraction of sp³-hybridized carbons (Fsp3) is 0.333. The Morgan fingerprint density at radius 1 is 1.35 bits per heavy atom. The zero-order valence-corrected chi connectivity index (χ0v) is 12.4. The molecule has 2 rings (SSSR count). The van der Waals surface area contributed by atoms with Crippen molar-refractivity contribution in [1.82, 2.24) is 5.32 Å². The second-order valence-corrected chi connectivity index (χ2v) is 5.89. The van der Waals surface area contributed by atoms with Crippen molar-refractivity contribution in [3.63, 3.8) is 0 Å². The number of non-ortho nitro benzene ring substituents is 1. The lowest BCUT2D eigenvalue weighted by Gasteiger charge is -2.12. The normalized spacial score (nSPS) is 12.3. The maximum atomic E-state index is 10.7. The van der Waals surface area contributed by atoms with Gasteiger partial charge in [-0.25, -0.2) is 0 Å². The molecule has 0 spiro atoms. The average Bonchev–Trinajstić information content (AvgIpc) is 2.94. The van der Waals surface area contributed by atoms with Crippen molar-refractivity contribution >= 4 is 17.0 Å². The van der Waals surface area contributed by atoms with Gasteiger partial charge in [-0.2, -0.15) is 0 Å². The first-order valence-corrected chi connectivity index (χ1v) is 7.47. The fourth-order valence-corrected chi connectivity index (χ4v) is 2.95. The van der Waals surface area contributed by atoms with E-state index in [-0.39, 0.29) is 16.7 Å². The summed E-state index contributed by atoms with van der Waals surface area (Å²) >= 11 is 1.81. The van der Waals surface area contributed by atoms with E-state index in [0.29, 0.717) is 6.54 Å². The van der Waals surface area contributed by atoms with E-state index in [2.05, 4.69) is 31.3 Å². The molecule has 2 aromatic rings. The van der Waals surface area contributed by atoms with Crippen molar-refractivity contribution in [1.29, 1.82) is 0 Å². The lowest BCUT2D eigenvalue weighted by molar-refractivity contribution is -0.384. The molecule has 0 saturated heterocycles. The minimum Gasteiger partial charge on any atom is -0.305 e. The maximum Gasteiger partial charge on any atom is 0.269 e. The SMILES string of the molecule is CCc1ccc(C(C)NCc2cccc([N+](=O)[O-])c2)s1. The highest BCUT2D eigenvalue weighted by molar-refractivity contribution is 7.12. The van der Waals surface area contributed by atoms with E-state index in [1.54, 1.807) is 12.1 Å². The summed E-state index contributed by atoms with van der Waals surface area (Å²) in [5.41, 5.74) is 1.07. The monoisotopic (exact) mass is 290 g/mol. The van der Waals surface area contributed by atoms with E-state index < -0.39 is 0 Å². The van der Waals surface area contributed by atoms with E-state index >= 15 is 0 Å². The maximum absolute atomic E-state index is 10.7. The van der Waals surface area contributed by atoms with E-state index in [4.69, 9.17) is 0 Å². The number of aryl methyl sites for hydroxylation is 1. The molecule has 0 radical (unpaired) electrons. The van der Waals surface area contributed by atoms with Crippen LogP contribution in [0.3, 0.4) is 0 Å². The van der Waals surface area contributed by atoms with Gasteiger partial charge in [0.05, 0.1) is 4.92 Å². The highest BCUT2D eigenvalue weighted by Gasteiger charge is 2.09. The third kappa shape index (κ3) is 3.65. The Morgan fingerprint density at radius 2 is 2.15 bits per heavy atom. The minimum absolute atomic E-state index is 0.140. The molecule has 1 atom stereocenters. The smallest absolute Gasteiger partial charge is 0.269 e. The second-order valence-electron chi connectivity index (χ2n) is 4.69. The van der Waals surface area contributed by atoms with Crippen LogP contribution in [0.5, 0.6) is 0 Å². The van der Waals surface area contributed by atoms with Gasteiger partial charge in [-0.15, -0.1) is 11.3 Å². The van der Waals surface area contributed by atoms with Gasteiger partial charge in [0.15, 0.2) is 0 Å². The predicted molar refractivity (Wildman–Crippen MR) is 82.0 cm³/mol. The zero-order chi connectivity index (χ0) is 14.5. The van der Waals surface area contributed by atoms with Crippen LogP contribution in [0.25, 0.3) is 0 Å². The van der Waals surface area contributed by atoms with Crippen molar-refractivity contribution in [3.05, 3.63) is 61.8 Å². The van der Waals surface area contributed by atoms with Gasteiger partial charge < -0.3 is 5.32 Å². The van der Waals surface area contributed by atoms with Crippen LogP contribution in [0.15, 0.2) is 36.4 Å². The standard InChI is InChI=1S/C15H18N2O2S/c1-3-14-7-8-15(20-14)11(2)16-10-12-5-4-6-13(9-12)17(18)19/h4-9,11,16H,3,10H2,1-2H3. The summed E-state index contributed by atoms with van der Waals surface area (Å²) < 4.78 is 0. The van der Waals surface area contributed by atoms with Gasteiger partial charge in [-0.1, -0.05) is 19.1 Å². The molecular formula is C15H18N2O2S. The molecule has 4 nitrogen and oxygen atoms in total. The molecule has 5 heteroatoms. The third-order valence-corrected chi connectivity index (χ3v) is 4.60. The molecule has 1 aromatic heterocycles. The van der Waals surface area contributed by atoms with Crippen molar-refractivity contribution in [2.45, 2.75) is 32.9 Å². The Morgan fingerprint density at radius 3 is 2.80 bits per heavy atom. The van der Waals surface area contributed by atoms with Crippen LogP contribution < -0.4 is 5.32 Å². The van der Waals surface area contributed by atoms with Crippen molar-refractivity contribution in [2.75, 3.05) is 0 Å². The molecule has 0 bridgehead atoms. The summed E-state index contributed by atoms with van der Waals surface area (Å²) in [6.45, 7) is 4.89. The number of hydrogen-bond acceptors (Lipinski definition) is 4. The third-order valence-electron chi connectivity index (χ3n) is 3.19. The first kappa shape index (κ1) is 14.7. The lowest BCUT2D eigenvalue weighted by atomic mass is 10.2. The number of nitro benzene ring substituents is 1. The van der Waals surface area contributed by atoms with Crippen LogP contribution in [0, 0.1) is 10.1 Å². The van der Waals surface area contributed by atoms with Crippen LogP contribution in [0.4, 0.5) is 5.69 Å². The molecule has 1 unspecified atom stereocenters. The molecule has 20 heavy (non-hydrogen) atoms. The molecule has 0 aliphatic rings. The predicted octanol–water partition coefficient (Wildman–Crippen LogP) is 4.07. The summed E-state index contributed by atoms with van der Waals surface area (Å²) in [6, 6.07) is 11.3. The second kappa shape index (κ2) is 6.63. The van der Waals surface area contributed by atoms with Gasteiger partial charge in [0, 0.05) is 34.5 Å². The molecule has 0 amide bonds. The highest BCUT2D eigenvalue weighted by Crippen LogP contribution is 2.24. The number of thiophene rings is 1. The number of rotatable bonds is 6. The number of hydrogen-bond donors (Lipinski definition) is 1. The topological polar surface area (TPSA) is 55.2 Å². The Bertz CT molecular complexity index is 595. The molecule has 1 N–H and O–H groups in total. The van der Waals surface area contributed by atoms with Gasteiger partial charge in [0.1, 0.15) is 0 Å². The Kier molecular flexibility index (Phi) is 4.87. The van der Waals surface area contributed by atoms with Crippen LogP contribution in [-0.2, 0) is 13.0 Å². The quantitative estimate of drug-likeness (QED) is 0.644. The number of nitrogens with zero attached hydrogens (tertiary/aromatic N) is 1. The van der Waals surface area contributed by atoms with E-state index in [1.165, 1.54) is 15.8 Å². The van der Waals surface area contributed by atoms with E-state index in [9.17, 15) is 10.1 Å². The number of nitrogens with one attached hydrogen (secondary N) is 1. The summed E-state index contributed by atoms with van der Waals surface area (Å²) in [5, 5.41) is 14.1.